The Morgan fingerprint density at radius 3 is 2.65 bits per heavy atom. The summed E-state index contributed by atoms with van der Waals surface area (Å²) in [6.45, 7) is 0.593. The minimum atomic E-state index is -4.47. The highest BCUT2D eigenvalue weighted by molar-refractivity contribution is 6.33. The minimum Gasteiger partial charge on any atom is -0.454 e. The average molecular weight is 345 g/mol. The molecule has 0 bridgehead atoms. The highest BCUT2D eigenvalue weighted by Gasteiger charge is 2.31. The predicted molar refractivity (Wildman–Crippen MR) is 78.9 cm³/mol. The van der Waals surface area contributed by atoms with Gasteiger partial charge in [0.15, 0.2) is 11.5 Å². The van der Waals surface area contributed by atoms with Gasteiger partial charge in [0.1, 0.15) is 5.82 Å². The van der Waals surface area contributed by atoms with Gasteiger partial charge in [-0.3, -0.25) is 0 Å². The highest BCUT2D eigenvalue weighted by Crippen LogP contribution is 2.35. The van der Waals surface area contributed by atoms with E-state index >= 15 is 0 Å². The summed E-state index contributed by atoms with van der Waals surface area (Å²) in [7, 11) is 1.70. The molecule has 0 N–H and O–H groups in total. The lowest BCUT2D eigenvalue weighted by Gasteiger charge is -2.20. The van der Waals surface area contributed by atoms with E-state index in [0.29, 0.717) is 18.0 Å². The molecule has 0 spiro atoms. The zero-order chi connectivity index (χ0) is 16.6. The number of anilines is 1. The maximum atomic E-state index is 12.6. The summed E-state index contributed by atoms with van der Waals surface area (Å²) >= 11 is 5.94. The second-order valence-corrected chi connectivity index (χ2v) is 5.48. The van der Waals surface area contributed by atoms with Crippen molar-refractivity contribution in [3.8, 4) is 11.5 Å². The van der Waals surface area contributed by atoms with Crippen LogP contribution in [0.1, 0.15) is 11.1 Å². The Balaban J connectivity index is 1.79. The second kappa shape index (κ2) is 5.81. The minimum absolute atomic E-state index is 0.0527. The molecule has 8 heteroatoms. The number of pyridine rings is 1. The molecule has 0 saturated carbocycles. The molecule has 1 aliphatic heterocycles. The molecular formula is C15H12ClF3N2O2. The maximum Gasteiger partial charge on any atom is 0.417 e. The predicted octanol–water partition coefficient (Wildman–Crippen LogP) is 4.12. The van der Waals surface area contributed by atoms with Gasteiger partial charge in [-0.15, -0.1) is 0 Å². The lowest BCUT2D eigenvalue weighted by molar-refractivity contribution is -0.137. The van der Waals surface area contributed by atoms with Crippen LogP contribution in [0.15, 0.2) is 30.5 Å². The van der Waals surface area contributed by atoms with Gasteiger partial charge in [0.25, 0.3) is 0 Å². The first-order chi connectivity index (χ1) is 10.8. The molecule has 4 nitrogen and oxygen atoms in total. The van der Waals surface area contributed by atoms with Crippen molar-refractivity contribution >= 4 is 17.4 Å². The molecule has 1 aromatic heterocycles. The van der Waals surface area contributed by atoms with Crippen LogP contribution in [-0.2, 0) is 12.7 Å². The van der Waals surface area contributed by atoms with Crippen LogP contribution < -0.4 is 14.4 Å². The molecule has 2 aromatic rings. The summed E-state index contributed by atoms with van der Waals surface area (Å²) in [5, 5.41) is -0.0527. The third-order valence-electron chi connectivity index (χ3n) is 3.37. The fourth-order valence-electron chi connectivity index (χ4n) is 2.25. The first-order valence-corrected chi connectivity index (χ1v) is 7.05. The molecule has 0 radical (unpaired) electrons. The second-order valence-electron chi connectivity index (χ2n) is 5.07. The van der Waals surface area contributed by atoms with Gasteiger partial charge >= 0.3 is 6.18 Å². The maximum absolute atomic E-state index is 12.6. The Bertz CT molecular complexity index is 737. The quantitative estimate of drug-likeness (QED) is 0.839. The van der Waals surface area contributed by atoms with Gasteiger partial charge in [-0.2, -0.15) is 13.2 Å². The lowest BCUT2D eigenvalue weighted by atomic mass is 10.2. The molecule has 0 aliphatic carbocycles. The largest absolute Gasteiger partial charge is 0.454 e. The van der Waals surface area contributed by atoms with Gasteiger partial charge < -0.3 is 14.4 Å². The number of fused-ring (bicyclic) bond motifs is 1. The Morgan fingerprint density at radius 2 is 1.96 bits per heavy atom. The van der Waals surface area contributed by atoms with Crippen LogP contribution in [0.4, 0.5) is 19.0 Å². The molecule has 23 heavy (non-hydrogen) atoms. The summed E-state index contributed by atoms with van der Waals surface area (Å²) in [6, 6.07) is 6.33. The SMILES string of the molecule is CN(Cc1ccc2c(c1)OCO2)c1ncc(C(F)(F)F)cc1Cl. The fraction of sp³-hybridized carbons (Fsp3) is 0.267. The Labute approximate surface area is 135 Å². The number of ether oxygens (including phenoxy) is 2. The van der Waals surface area contributed by atoms with E-state index in [1.54, 1.807) is 18.0 Å². The number of rotatable bonds is 3. The number of benzene rings is 1. The number of hydrogen-bond donors (Lipinski definition) is 0. The van der Waals surface area contributed by atoms with Crippen molar-refractivity contribution in [3.05, 3.63) is 46.6 Å². The first-order valence-electron chi connectivity index (χ1n) is 6.67. The molecule has 0 atom stereocenters. The highest BCUT2D eigenvalue weighted by atomic mass is 35.5. The molecule has 3 rings (SSSR count). The standard InChI is InChI=1S/C15H12ClF3N2O2/c1-21(7-9-2-3-12-13(4-9)23-8-22-12)14-11(16)5-10(6-20-14)15(17,18)19/h2-6H,7-8H2,1H3. The topological polar surface area (TPSA) is 34.6 Å². The van der Waals surface area contributed by atoms with E-state index in [9.17, 15) is 13.2 Å². The van der Waals surface area contributed by atoms with E-state index in [2.05, 4.69) is 4.98 Å². The van der Waals surface area contributed by atoms with E-state index in [0.717, 1.165) is 17.8 Å². The van der Waals surface area contributed by atoms with Crippen molar-refractivity contribution in [2.24, 2.45) is 0 Å². The monoisotopic (exact) mass is 344 g/mol. The number of nitrogens with zero attached hydrogens (tertiary/aromatic N) is 2. The molecule has 0 amide bonds. The molecule has 1 aliphatic rings. The number of alkyl halides is 3. The van der Waals surface area contributed by atoms with E-state index in [-0.39, 0.29) is 17.6 Å². The molecule has 0 saturated heterocycles. The number of halogens is 4. The Hall–Kier alpha value is -2.15. The molecule has 0 unspecified atom stereocenters. The first kappa shape index (κ1) is 15.7. The molecule has 2 heterocycles. The molecule has 122 valence electrons. The van der Waals surface area contributed by atoms with Crippen LogP contribution in [0.2, 0.25) is 5.02 Å². The van der Waals surface area contributed by atoms with Crippen LogP contribution in [0.25, 0.3) is 0 Å². The van der Waals surface area contributed by atoms with Gasteiger partial charge in [0.2, 0.25) is 6.79 Å². The fourth-order valence-corrected chi connectivity index (χ4v) is 2.57. The van der Waals surface area contributed by atoms with Crippen molar-refractivity contribution in [1.82, 2.24) is 4.98 Å². The third kappa shape index (κ3) is 3.29. The lowest BCUT2D eigenvalue weighted by Crippen LogP contribution is -2.19. The normalized spacial score (nSPS) is 13.3. The van der Waals surface area contributed by atoms with E-state index in [1.165, 1.54) is 0 Å². The Kier molecular flexibility index (Phi) is 3.97. The van der Waals surface area contributed by atoms with Crippen molar-refractivity contribution in [1.29, 1.82) is 0 Å². The summed E-state index contributed by atoms with van der Waals surface area (Å²) in [4.78, 5) is 5.50. The van der Waals surface area contributed by atoms with Gasteiger partial charge in [-0.1, -0.05) is 17.7 Å². The molecular weight excluding hydrogens is 333 g/mol. The van der Waals surface area contributed by atoms with Crippen molar-refractivity contribution in [3.63, 3.8) is 0 Å². The van der Waals surface area contributed by atoms with Gasteiger partial charge in [0, 0.05) is 19.8 Å². The summed E-state index contributed by atoms with van der Waals surface area (Å²) in [6.07, 6.45) is -3.69. The van der Waals surface area contributed by atoms with Gasteiger partial charge in [0.05, 0.1) is 10.6 Å². The number of hydrogen-bond acceptors (Lipinski definition) is 4. The van der Waals surface area contributed by atoms with E-state index < -0.39 is 11.7 Å². The summed E-state index contributed by atoms with van der Waals surface area (Å²) in [5.41, 5.74) is 0.0252. The van der Waals surface area contributed by atoms with Crippen LogP contribution in [0.3, 0.4) is 0 Å². The van der Waals surface area contributed by atoms with E-state index in [4.69, 9.17) is 21.1 Å². The molecule has 1 aromatic carbocycles. The molecule has 0 fully saturated rings. The number of aromatic nitrogens is 1. The smallest absolute Gasteiger partial charge is 0.417 e. The average Bonchev–Trinajstić information content (AvgIpc) is 2.93. The zero-order valence-corrected chi connectivity index (χ0v) is 12.8. The third-order valence-corrected chi connectivity index (χ3v) is 3.65. The summed E-state index contributed by atoms with van der Waals surface area (Å²) < 4.78 is 48.4. The van der Waals surface area contributed by atoms with Crippen LogP contribution in [-0.4, -0.2) is 18.8 Å². The van der Waals surface area contributed by atoms with Crippen molar-refractivity contribution in [2.75, 3.05) is 18.7 Å². The van der Waals surface area contributed by atoms with Crippen LogP contribution in [0, 0.1) is 0 Å². The van der Waals surface area contributed by atoms with Crippen LogP contribution in [0.5, 0.6) is 11.5 Å². The van der Waals surface area contributed by atoms with E-state index in [1.807, 2.05) is 12.1 Å². The van der Waals surface area contributed by atoms with Crippen LogP contribution >= 0.6 is 11.6 Å². The Morgan fingerprint density at radius 1 is 1.22 bits per heavy atom. The summed E-state index contributed by atoms with van der Waals surface area (Å²) in [5.74, 6) is 1.58. The van der Waals surface area contributed by atoms with Crippen molar-refractivity contribution < 1.29 is 22.6 Å². The van der Waals surface area contributed by atoms with Crippen molar-refractivity contribution in [2.45, 2.75) is 12.7 Å². The van der Waals surface area contributed by atoms with Gasteiger partial charge in [-0.25, -0.2) is 4.98 Å². The van der Waals surface area contributed by atoms with Gasteiger partial charge in [-0.05, 0) is 23.8 Å². The zero-order valence-electron chi connectivity index (χ0n) is 12.0.